The molecule has 0 bridgehead atoms. The average Bonchev–Trinajstić information content (AvgIpc) is 2.37. The van der Waals surface area contributed by atoms with E-state index in [-0.39, 0.29) is 0 Å². The maximum absolute atomic E-state index is 12.8. The highest BCUT2D eigenvalue weighted by Gasteiger charge is 2.36. The molecule has 1 aliphatic heterocycles. The predicted molar refractivity (Wildman–Crippen MR) is 69.8 cm³/mol. The summed E-state index contributed by atoms with van der Waals surface area (Å²) in [5, 5.41) is 3.15. The number of alkyl halides is 3. The van der Waals surface area contributed by atoms with Crippen LogP contribution in [0.5, 0.6) is 0 Å². The number of nitrogens with zero attached hydrogens (tertiary/aromatic N) is 2. The van der Waals surface area contributed by atoms with Crippen molar-refractivity contribution in [3.8, 4) is 0 Å². The molecular formula is C12H15BrF3N3. The minimum Gasteiger partial charge on any atom is -0.314 e. The molecule has 0 radical (unpaired) electrons. The molecule has 0 spiro atoms. The number of halogens is 4. The quantitative estimate of drug-likeness (QED) is 0.859. The van der Waals surface area contributed by atoms with Crippen LogP contribution in [0.25, 0.3) is 0 Å². The summed E-state index contributed by atoms with van der Waals surface area (Å²) in [5.41, 5.74) is 0.613. The zero-order chi connectivity index (χ0) is 13.9. The molecule has 1 aromatic heterocycles. The molecule has 1 saturated heterocycles. The van der Waals surface area contributed by atoms with Crippen LogP contribution in [0.15, 0.2) is 22.9 Å². The number of hydrogen-bond acceptors (Lipinski definition) is 3. The van der Waals surface area contributed by atoms with Gasteiger partial charge in [-0.25, -0.2) is 4.98 Å². The molecule has 19 heavy (non-hydrogen) atoms. The van der Waals surface area contributed by atoms with E-state index in [9.17, 15) is 13.2 Å². The van der Waals surface area contributed by atoms with Crippen molar-refractivity contribution in [2.45, 2.75) is 18.6 Å². The lowest BCUT2D eigenvalue weighted by Gasteiger charge is -2.35. The Morgan fingerprint density at radius 1 is 1.32 bits per heavy atom. The molecule has 1 fully saturated rings. The Labute approximate surface area is 118 Å². The van der Waals surface area contributed by atoms with Crippen molar-refractivity contribution in [3.63, 3.8) is 0 Å². The molecule has 0 amide bonds. The fourth-order valence-corrected chi connectivity index (χ4v) is 2.49. The summed E-state index contributed by atoms with van der Waals surface area (Å²) in [4.78, 5) is 5.90. The van der Waals surface area contributed by atoms with Gasteiger partial charge in [-0.1, -0.05) is 6.07 Å². The number of pyridine rings is 1. The Bertz CT molecular complexity index is 402. The van der Waals surface area contributed by atoms with E-state index in [1.807, 2.05) is 4.90 Å². The van der Waals surface area contributed by atoms with Crippen LogP contribution in [0.4, 0.5) is 13.2 Å². The molecule has 3 nitrogen and oxygen atoms in total. The Balaban J connectivity index is 2.19. The van der Waals surface area contributed by atoms with Crippen LogP contribution in [-0.2, 0) is 0 Å². The van der Waals surface area contributed by atoms with E-state index in [1.54, 1.807) is 12.1 Å². The standard InChI is InChI=1S/C12H15BrF3N3/c13-11-2-1-9(8-18-11)10(7-12(14,15)16)19-5-3-17-4-6-19/h1-2,8,10,17H,3-7H2/t10-/m1/s1. The van der Waals surface area contributed by atoms with Gasteiger partial charge in [-0.3, -0.25) is 4.90 Å². The second-order valence-corrected chi connectivity index (χ2v) is 5.35. The Morgan fingerprint density at radius 2 is 2.00 bits per heavy atom. The minimum absolute atomic E-state index is 0.613. The van der Waals surface area contributed by atoms with E-state index >= 15 is 0 Å². The van der Waals surface area contributed by atoms with E-state index in [4.69, 9.17) is 0 Å². The molecular weight excluding hydrogens is 323 g/mol. The van der Waals surface area contributed by atoms with Crippen molar-refractivity contribution in [1.82, 2.24) is 15.2 Å². The molecule has 1 aromatic rings. The summed E-state index contributed by atoms with van der Waals surface area (Å²) in [6.45, 7) is 2.68. The zero-order valence-electron chi connectivity index (χ0n) is 10.3. The van der Waals surface area contributed by atoms with Gasteiger partial charge >= 0.3 is 6.18 Å². The summed E-state index contributed by atoms with van der Waals surface area (Å²) in [7, 11) is 0. The van der Waals surface area contributed by atoms with Crippen molar-refractivity contribution in [2.24, 2.45) is 0 Å². The summed E-state index contributed by atoms with van der Waals surface area (Å²) >= 11 is 3.20. The molecule has 0 aliphatic carbocycles. The molecule has 2 heterocycles. The van der Waals surface area contributed by atoms with E-state index in [2.05, 4.69) is 26.2 Å². The molecule has 1 aliphatic rings. The van der Waals surface area contributed by atoms with Crippen molar-refractivity contribution >= 4 is 15.9 Å². The van der Waals surface area contributed by atoms with Gasteiger partial charge in [-0.15, -0.1) is 0 Å². The SMILES string of the molecule is FC(F)(F)C[C@H](c1ccc(Br)nc1)N1CCNCC1. The summed E-state index contributed by atoms with van der Waals surface area (Å²) in [5.74, 6) is 0. The van der Waals surface area contributed by atoms with E-state index in [0.29, 0.717) is 23.3 Å². The van der Waals surface area contributed by atoms with Crippen LogP contribution in [-0.4, -0.2) is 42.2 Å². The van der Waals surface area contributed by atoms with Gasteiger partial charge in [0.15, 0.2) is 0 Å². The van der Waals surface area contributed by atoms with E-state index in [1.165, 1.54) is 6.20 Å². The molecule has 2 rings (SSSR count). The molecule has 0 saturated carbocycles. The number of hydrogen-bond donors (Lipinski definition) is 1. The highest BCUT2D eigenvalue weighted by atomic mass is 79.9. The third-order valence-electron chi connectivity index (χ3n) is 3.15. The number of piperazine rings is 1. The number of aromatic nitrogens is 1. The van der Waals surface area contributed by atoms with Crippen molar-refractivity contribution in [3.05, 3.63) is 28.5 Å². The van der Waals surface area contributed by atoms with Gasteiger partial charge in [0.1, 0.15) is 4.60 Å². The molecule has 0 aromatic carbocycles. The van der Waals surface area contributed by atoms with Gasteiger partial charge in [0, 0.05) is 38.4 Å². The molecule has 1 atom stereocenters. The highest BCUT2D eigenvalue weighted by molar-refractivity contribution is 9.10. The van der Waals surface area contributed by atoms with Crippen LogP contribution in [0.1, 0.15) is 18.0 Å². The smallest absolute Gasteiger partial charge is 0.314 e. The van der Waals surface area contributed by atoms with Crippen LogP contribution < -0.4 is 5.32 Å². The first-order valence-electron chi connectivity index (χ1n) is 6.09. The molecule has 1 N–H and O–H groups in total. The van der Waals surface area contributed by atoms with E-state index < -0.39 is 18.6 Å². The van der Waals surface area contributed by atoms with Gasteiger partial charge in [-0.05, 0) is 27.6 Å². The molecule has 0 unspecified atom stereocenters. The zero-order valence-corrected chi connectivity index (χ0v) is 11.8. The van der Waals surface area contributed by atoms with Crippen LogP contribution >= 0.6 is 15.9 Å². The first-order chi connectivity index (χ1) is 8.96. The number of rotatable bonds is 3. The van der Waals surface area contributed by atoms with Crippen molar-refractivity contribution in [2.75, 3.05) is 26.2 Å². The summed E-state index contributed by atoms with van der Waals surface area (Å²) in [6, 6.07) is 2.74. The lowest BCUT2D eigenvalue weighted by Crippen LogP contribution is -2.46. The van der Waals surface area contributed by atoms with Crippen LogP contribution in [0, 0.1) is 0 Å². The number of nitrogens with one attached hydrogen (secondary N) is 1. The van der Waals surface area contributed by atoms with Gasteiger partial charge in [0.05, 0.1) is 6.42 Å². The third-order valence-corrected chi connectivity index (χ3v) is 3.62. The van der Waals surface area contributed by atoms with Crippen LogP contribution in [0.2, 0.25) is 0 Å². The Kier molecular flexibility index (Phi) is 4.81. The predicted octanol–water partition coefficient (Wildman–Crippen LogP) is 2.74. The summed E-state index contributed by atoms with van der Waals surface area (Å²) in [6.07, 6.45) is -3.50. The van der Waals surface area contributed by atoms with Gasteiger partial charge < -0.3 is 5.32 Å². The van der Waals surface area contributed by atoms with Gasteiger partial charge in [-0.2, -0.15) is 13.2 Å². The second kappa shape index (κ2) is 6.19. The maximum atomic E-state index is 12.8. The Hall–Kier alpha value is -0.660. The topological polar surface area (TPSA) is 28.2 Å². The minimum atomic E-state index is -4.18. The van der Waals surface area contributed by atoms with Crippen molar-refractivity contribution in [1.29, 1.82) is 0 Å². The first-order valence-corrected chi connectivity index (χ1v) is 6.88. The van der Waals surface area contributed by atoms with Gasteiger partial charge in [0.25, 0.3) is 0 Å². The Morgan fingerprint density at radius 3 is 2.53 bits per heavy atom. The summed E-state index contributed by atoms with van der Waals surface area (Å²) < 4.78 is 38.9. The molecule has 106 valence electrons. The lowest BCUT2D eigenvalue weighted by atomic mass is 10.0. The first kappa shape index (κ1) is 14.7. The third kappa shape index (κ3) is 4.43. The monoisotopic (exact) mass is 337 g/mol. The second-order valence-electron chi connectivity index (χ2n) is 4.54. The van der Waals surface area contributed by atoms with Crippen LogP contribution in [0.3, 0.4) is 0 Å². The lowest BCUT2D eigenvalue weighted by molar-refractivity contribution is -0.148. The van der Waals surface area contributed by atoms with Gasteiger partial charge in [0.2, 0.25) is 0 Å². The fraction of sp³-hybridized carbons (Fsp3) is 0.583. The fourth-order valence-electron chi connectivity index (χ4n) is 2.26. The normalized spacial score (nSPS) is 19.4. The highest BCUT2D eigenvalue weighted by Crippen LogP contribution is 2.33. The maximum Gasteiger partial charge on any atom is 0.390 e. The van der Waals surface area contributed by atoms with Crippen molar-refractivity contribution < 1.29 is 13.2 Å². The van der Waals surface area contributed by atoms with E-state index in [0.717, 1.165) is 13.1 Å². The average molecular weight is 338 g/mol. The molecule has 7 heteroatoms. The largest absolute Gasteiger partial charge is 0.390 e.